The second-order valence-electron chi connectivity index (χ2n) is 5.35. The zero-order valence-electron chi connectivity index (χ0n) is 13.1. The highest BCUT2D eigenvalue weighted by Gasteiger charge is 2.42. The highest BCUT2D eigenvalue weighted by molar-refractivity contribution is 6.28. The number of ketones is 1. The number of hydrogen-bond acceptors (Lipinski definition) is 5. The monoisotopic (exact) mass is 315 g/mol. The van der Waals surface area contributed by atoms with Crippen molar-refractivity contribution in [1.82, 2.24) is 10.2 Å². The lowest BCUT2D eigenvalue weighted by atomic mass is 9.98. The first-order chi connectivity index (χ1) is 10.8. The van der Waals surface area contributed by atoms with Crippen molar-refractivity contribution >= 4 is 35.4 Å². The normalized spacial score (nSPS) is 18.3. The minimum Gasteiger partial charge on any atom is -0.378 e. The third kappa shape index (κ3) is 3.45. The van der Waals surface area contributed by atoms with Crippen LogP contribution in [-0.2, 0) is 14.4 Å². The summed E-state index contributed by atoms with van der Waals surface area (Å²) in [7, 11) is 5.05. The van der Waals surface area contributed by atoms with E-state index in [0.717, 1.165) is 16.2 Å². The number of carbonyl (C=O) groups excluding carboxylic acids is 4. The lowest BCUT2D eigenvalue weighted by Gasteiger charge is -2.25. The van der Waals surface area contributed by atoms with Gasteiger partial charge in [0.25, 0.3) is 5.91 Å². The van der Waals surface area contributed by atoms with Gasteiger partial charge in [-0.05, 0) is 23.8 Å². The van der Waals surface area contributed by atoms with E-state index in [-0.39, 0.29) is 0 Å². The van der Waals surface area contributed by atoms with Crippen LogP contribution in [0.15, 0.2) is 30.3 Å². The fourth-order valence-electron chi connectivity index (χ4n) is 2.08. The van der Waals surface area contributed by atoms with Gasteiger partial charge in [-0.25, -0.2) is 4.79 Å². The summed E-state index contributed by atoms with van der Waals surface area (Å²) in [5.41, 5.74) is 1.77. The highest BCUT2D eigenvalue weighted by Crippen LogP contribution is 2.15. The molecule has 4 amide bonds. The molecule has 1 aliphatic heterocycles. The maximum atomic E-state index is 12.1. The minimum absolute atomic E-state index is 0.663. The van der Waals surface area contributed by atoms with Gasteiger partial charge in [-0.3, -0.25) is 24.6 Å². The molecule has 0 unspecified atom stereocenters. The van der Waals surface area contributed by atoms with Gasteiger partial charge in [0.15, 0.2) is 11.7 Å². The van der Waals surface area contributed by atoms with Gasteiger partial charge in [-0.2, -0.15) is 0 Å². The van der Waals surface area contributed by atoms with Gasteiger partial charge in [0.1, 0.15) is 0 Å². The molecule has 0 aliphatic carbocycles. The first-order valence-corrected chi connectivity index (χ1v) is 6.93. The van der Waals surface area contributed by atoms with Gasteiger partial charge in [-0.15, -0.1) is 0 Å². The molecule has 0 spiro atoms. The summed E-state index contributed by atoms with van der Waals surface area (Å²) >= 11 is 0. The predicted octanol–water partition coefficient (Wildman–Crippen LogP) is 0.659. The van der Waals surface area contributed by atoms with Crippen LogP contribution >= 0.6 is 0 Å². The average Bonchev–Trinajstić information content (AvgIpc) is 2.51. The van der Waals surface area contributed by atoms with Gasteiger partial charge in [0.05, 0.1) is 0 Å². The van der Waals surface area contributed by atoms with Crippen LogP contribution in [0.25, 0.3) is 6.08 Å². The van der Waals surface area contributed by atoms with Gasteiger partial charge < -0.3 is 4.90 Å². The number of allylic oxidation sites excluding steroid dienone is 1. The van der Waals surface area contributed by atoms with E-state index < -0.39 is 29.5 Å². The molecule has 1 aromatic rings. The summed E-state index contributed by atoms with van der Waals surface area (Å²) in [4.78, 5) is 49.7. The van der Waals surface area contributed by atoms with Crippen molar-refractivity contribution in [2.24, 2.45) is 5.92 Å². The van der Waals surface area contributed by atoms with Crippen molar-refractivity contribution in [2.45, 2.75) is 0 Å². The van der Waals surface area contributed by atoms with Crippen LogP contribution in [-0.4, -0.2) is 49.7 Å². The molecule has 120 valence electrons. The van der Waals surface area contributed by atoms with Crippen LogP contribution in [0, 0.1) is 5.92 Å². The third-order valence-corrected chi connectivity index (χ3v) is 3.51. The van der Waals surface area contributed by atoms with Crippen LogP contribution < -0.4 is 10.2 Å². The van der Waals surface area contributed by atoms with E-state index in [0.29, 0.717) is 0 Å². The average molecular weight is 315 g/mol. The molecule has 1 fully saturated rings. The lowest BCUT2D eigenvalue weighted by Crippen LogP contribution is -2.58. The molecular weight excluding hydrogens is 298 g/mol. The van der Waals surface area contributed by atoms with Crippen LogP contribution in [0.4, 0.5) is 10.5 Å². The number of anilines is 1. The summed E-state index contributed by atoms with van der Waals surface area (Å²) in [6, 6.07) is 6.58. The minimum atomic E-state index is -1.52. The standard InChI is InChI=1S/C16H17N3O4/c1-18(2)11-7-4-10(5-8-11)6-9-12(20)13-14(21)17-16(23)19(3)15(13)22/h4-9,13H,1-3H3,(H,17,21,23)/b9-6+/t13-/m1/s1. The summed E-state index contributed by atoms with van der Waals surface area (Å²) in [5, 5.41) is 1.98. The van der Waals surface area contributed by atoms with Crippen molar-refractivity contribution in [1.29, 1.82) is 0 Å². The number of imide groups is 2. The van der Waals surface area contributed by atoms with Gasteiger partial charge in [0.2, 0.25) is 5.91 Å². The Bertz CT molecular complexity index is 692. The molecule has 1 saturated heterocycles. The number of barbiturate groups is 1. The molecule has 1 aromatic carbocycles. The fraction of sp³-hybridized carbons (Fsp3) is 0.250. The molecule has 0 aromatic heterocycles. The molecule has 0 radical (unpaired) electrons. The molecular formula is C16H17N3O4. The number of benzene rings is 1. The van der Waals surface area contributed by atoms with E-state index in [1.54, 1.807) is 0 Å². The number of rotatable bonds is 4. The first-order valence-electron chi connectivity index (χ1n) is 6.93. The zero-order chi connectivity index (χ0) is 17.1. The summed E-state index contributed by atoms with van der Waals surface area (Å²) in [5.74, 6) is -3.90. The Morgan fingerprint density at radius 2 is 1.78 bits per heavy atom. The molecule has 1 N–H and O–H groups in total. The lowest BCUT2D eigenvalue weighted by molar-refractivity contribution is -0.145. The van der Waals surface area contributed by atoms with Crippen LogP contribution in [0.1, 0.15) is 5.56 Å². The Balaban J connectivity index is 2.13. The zero-order valence-corrected chi connectivity index (χ0v) is 13.1. The van der Waals surface area contributed by atoms with E-state index in [4.69, 9.17) is 0 Å². The van der Waals surface area contributed by atoms with E-state index >= 15 is 0 Å². The molecule has 2 rings (SSSR count). The summed E-state index contributed by atoms with van der Waals surface area (Å²) in [6.07, 6.45) is 2.70. The van der Waals surface area contributed by atoms with Crippen molar-refractivity contribution in [2.75, 3.05) is 26.0 Å². The maximum Gasteiger partial charge on any atom is 0.330 e. The molecule has 7 nitrogen and oxygen atoms in total. The van der Waals surface area contributed by atoms with E-state index in [1.165, 1.54) is 19.2 Å². The van der Waals surface area contributed by atoms with Crippen LogP contribution in [0.3, 0.4) is 0 Å². The number of carbonyl (C=O) groups is 4. The molecule has 0 saturated carbocycles. The number of nitrogens with one attached hydrogen (secondary N) is 1. The predicted molar refractivity (Wildman–Crippen MR) is 84.6 cm³/mol. The quantitative estimate of drug-likeness (QED) is 0.651. The van der Waals surface area contributed by atoms with Crippen LogP contribution in [0.2, 0.25) is 0 Å². The molecule has 1 atom stereocenters. The second-order valence-corrected chi connectivity index (χ2v) is 5.35. The second kappa shape index (κ2) is 6.43. The third-order valence-electron chi connectivity index (χ3n) is 3.51. The first kappa shape index (κ1) is 16.4. The van der Waals surface area contributed by atoms with Crippen LogP contribution in [0.5, 0.6) is 0 Å². The largest absolute Gasteiger partial charge is 0.378 e. The summed E-state index contributed by atoms with van der Waals surface area (Å²) < 4.78 is 0. The number of urea groups is 1. The SMILES string of the molecule is CN1C(=O)NC(=O)[C@@H](C(=O)/C=C/c2ccc(N(C)C)cc2)C1=O. The van der Waals surface area contributed by atoms with Crippen molar-refractivity contribution in [3.05, 3.63) is 35.9 Å². The Morgan fingerprint density at radius 3 is 2.35 bits per heavy atom. The molecule has 1 heterocycles. The fourth-order valence-corrected chi connectivity index (χ4v) is 2.08. The Hall–Kier alpha value is -2.96. The molecule has 1 aliphatic rings. The highest BCUT2D eigenvalue weighted by atomic mass is 16.2. The van der Waals surface area contributed by atoms with Crippen molar-refractivity contribution in [3.8, 4) is 0 Å². The topological polar surface area (TPSA) is 86.8 Å². The smallest absolute Gasteiger partial charge is 0.330 e. The van der Waals surface area contributed by atoms with Crippen molar-refractivity contribution in [3.63, 3.8) is 0 Å². The number of amides is 4. The van der Waals surface area contributed by atoms with E-state index in [1.807, 2.05) is 48.6 Å². The molecule has 23 heavy (non-hydrogen) atoms. The Morgan fingerprint density at radius 1 is 1.17 bits per heavy atom. The van der Waals surface area contributed by atoms with Gasteiger partial charge >= 0.3 is 6.03 Å². The van der Waals surface area contributed by atoms with Crippen molar-refractivity contribution < 1.29 is 19.2 Å². The molecule has 0 bridgehead atoms. The maximum absolute atomic E-state index is 12.1. The van der Waals surface area contributed by atoms with E-state index in [9.17, 15) is 19.2 Å². The van der Waals surface area contributed by atoms with Gasteiger partial charge in [-0.1, -0.05) is 18.2 Å². The number of hydrogen-bond donors (Lipinski definition) is 1. The number of nitrogens with zero attached hydrogens (tertiary/aromatic N) is 2. The summed E-state index contributed by atoms with van der Waals surface area (Å²) in [6.45, 7) is 0. The Labute approximate surface area is 133 Å². The molecule has 7 heteroatoms. The van der Waals surface area contributed by atoms with E-state index in [2.05, 4.69) is 0 Å². The van der Waals surface area contributed by atoms with Gasteiger partial charge in [0, 0.05) is 26.8 Å². The Kier molecular flexibility index (Phi) is 4.59.